The van der Waals surface area contributed by atoms with E-state index in [2.05, 4.69) is 6.92 Å². The lowest BCUT2D eigenvalue weighted by Crippen LogP contribution is -2.29. The van der Waals surface area contributed by atoms with Gasteiger partial charge in [-0.2, -0.15) is 0 Å². The maximum Gasteiger partial charge on any atom is 0.269 e. The second kappa shape index (κ2) is 9.73. The quantitative estimate of drug-likeness (QED) is 0.357. The van der Waals surface area contributed by atoms with Crippen LogP contribution in [0.1, 0.15) is 48.7 Å². The molecule has 7 heteroatoms. The first kappa shape index (κ1) is 21.2. The van der Waals surface area contributed by atoms with E-state index in [1.165, 1.54) is 19.2 Å². The highest BCUT2D eigenvalue weighted by atomic mass is 16.6. The number of carbonyl (C=O) groups excluding carboxylic acids is 1. The summed E-state index contributed by atoms with van der Waals surface area (Å²) in [6, 6.07) is 11.1. The first-order valence-electron chi connectivity index (χ1n) is 9.21. The number of non-ortho nitro benzene ring substituents is 1. The molecule has 0 N–H and O–H groups in total. The number of rotatable bonds is 9. The molecule has 0 saturated carbocycles. The molecule has 0 aliphatic heterocycles. The summed E-state index contributed by atoms with van der Waals surface area (Å²) in [7, 11) is 3.20. The van der Waals surface area contributed by atoms with Crippen molar-refractivity contribution in [3.63, 3.8) is 0 Å². The van der Waals surface area contributed by atoms with E-state index in [0.717, 1.165) is 12.8 Å². The molecule has 0 unspecified atom stereocenters. The lowest BCUT2D eigenvalue weighted by molar-refractivity contribution is -0.384. The minimum absolute atomic E-state index is 0.000416. The number of nitrogens with zero attached hydrogens (tertiary/aromatic N) is 2. The molecule has 1 atom stereocenters. The Balaban J connectivity index is 2.19. The Morgan fingerprint density at radius 2 is 1.96 bits per heavy atom. The molecule has 0 aliphatic rings. The molecule has 28 heavy (non-hydrogen) atoms. The molecule has 0 radical (unpaired) electrons. The van der Waals surface area contributed by atoms with Crippen LogP contribution in [-0.4, -0.2) is 36.5 Å². The molecule has 0 bridgehead atoms. The lowest BCUT2D eigenvalue weighted by atomic mass is 10.1. The van der Waals surface area contributed by atoms with Crippen molar-refractivity contribution < 1.29 is 19.2 Å². The van der Waals surface area contributed by atoms with Crippen LogP contribution in [0.3, 0.4) is 0 Å². The molecule has 2 aromatic rings. The molecule has 0 saturated heterocycles. The standard InChI is InChI=1S/C21H26N2O5/c1-5-6-12-28-19-11-10-17(14-20(19)27-4)21(24)22(3)15(2)16-8-7-9-18(13-16)23(25)26/h7-11,13-15H,5-6,12H2,1-4H3/t15-/m1/s1. The third-order valence-electron chi connectivity index (χ3n) is 4.63. The summed E-state index contributed by atoms with van der Waals surface area (Å²) in [5.41, 5.74) is 1.15. The normalized spacial score (nSPS) is 11.6. The van der Waals surface area contributed by atoms with Crippen LogP contribution in [-0.2, 0) is 0 Å². The number of carbonyl (C=O) groups is 1. The summed E-state index contributed by atoms with van der Waals surface area (Å²) in [5, 5.41) is 11.0. The van der Waals surface area contributed by atoms with Crippen molar-refractivity contribution in [3.8, 4) is 11.5 Å². The van der Waals surface area contributed by atoms with Crippen molar-refractivity contribution in [1.29, 1.82) is 0 Å². The molecule has 1 amide bonds. The largest absolute Gasteiger partial charge is 0.493 e. The van der Waals surface area contributed by atoms with Gasteiger partial charge in [0.2, 0.25) is 0 Å². The summed E-state index contributed by atoms with van der Waals surface area (Å²) in [5.74, 6) is 0.887. The van der Waals surface area contributed by atoms with Gasteiger partial charge in [0.15, 0.2) is 11.5 Å². The Hall–Kier alpha value is -3.09. The maximum absolute atomic E-state index is 12.9. The van der Waals surface area contributed by atoms with E-state index in [4.69, 9.17) is 9.47 Å². The number of nitro benzene ring substituents is 1. The molecular formula is C21H26N2O5. The Bertz CT molecular complexity index is 837. The van der Waals surface area contributed by atoms with Crippen LogP contribution in [0, 0.1) is 10.1 Å². The van der Waals surface area contributed by atoms with Crippen molar-refractivity contribution in [2.45, 2.75) is 32.7 Å². The van der Waals surface area contributed by atoms with E-state index in [1.54, 1.807) is 42.3 Å². The van der Waals surface area contributed by atoms with E-state index >= 15 is 0 Å². The Labute approximate surface area is 165 Å². The van der Waals surface area contributed by atoms with Crippen molar-refractivity contribution in [2.24, 2.45) is 0 Å². The summed E-state index contributed by atoms with van der Waals surface area (Å²) >= 11 is 0. The van der Waals surface area contributed by atoms with Crippen LogP contribution in [0.15, 0.2) is 42.5 Å². The van der Waals surface area contributed by atoms with Gasteiger partial charge < -0.3 is 14.4 Å². The van der Waals surface area contributed by atoms with Crippen LogP contribution >= 0.6 is 0 Å². The lowest BCUT2D eigenvalue weighted by Gasteiger charge is -2.25. The monoisotopic (exact) mass is 386 g/mol. The zero-order chi connectivity index (χ0) is 20.7. The Morgan fingerprint density at radius 1 is 1.21 bits per heavy atom. The van der Waals surface area contributed by atoms with Crippen LogP contribution in [0.25, 0.3) is 0 Å². The highest BCUT2D eigenvalue weighted by Gasteiger charge is 2.21. The molecule has 0 heterocycles. The molecule has 2 rings (SSSR count). The maximum atomic E-state index is 12.9. The summed E-state index contributed by atoms with van der Waals surface area (Å²) < 4.78 is 11.1. The van der Waals surface area contributed by atoms with Crippen molar-refractivity contribution >= 4 is 11.6 Å². The smallest absolute Gasteiger partial charge is 0.269 e. The predicted octanol–water partition coefficient (Wildman–Crippen LogP) is 4.62. The third kappa shape index (κ3) is 5.00. The van der Waals surface area contributed by atoms with E-state index in [1.807, 2.05) is 6.92 Å². The first-order chi connectivity index (χ1) is 13.4. The Kier molecular flexibility index (Phi) is 7.37. The topological polar surface area (TPSA) is 81.9 Å². The molecule has 0 spiro atoms. The molecule has 0 aliphatic carbocycles. The van der Waals surface area contributed by atoms with Gasteiger partial charge in [-0.3, -0.25) is 14.9 Å². The minimum atomic E-state index is -0.444. The van der Waals surface area contributed by atoms with Gasteiger partial charge in [0, 0.05) is 24.7 Å². The summed E-state index contributed by atoms with van der Waals surface area (Å²) in [4.78, 5) is 25.0. The van der Waals surface area contributed by atoms with Gasteiger partial charge in [0.25, 0.3) is 11.6 Å². The molecule has 0 fully saturated rings. The zero-order valence-corrected chi connectivity index (χ0v) is 16.7. The SMILES string of the molecule is CCCCOc1ccc(C(=O)N(C)[C@H](C)c2cccc([N+](=O)[O-])c2)cc1OC. The van der Waals surface area contributed by atoms with Crippen LogP contribution in [0.4, 0.5) is 5.69 Å². The Morgan fingerprint density at radius 3 is 2.61 bits per heavy atom. The van der Waals surface area contributed by atoms with E-state index in [9.17, 15) is 14.9 Å². The van der Waals surface area contributed by atoms with Gasteiger partial charge in [-0.05, 0) is 37.1 Å². The van der Waals surface area contributed by atoms with Crippen LogP contribution < -0.4 is 9.47 Å². The van der Waals surface area contributed by atoms with Gasteiger partial charge in [-0.15, -0.1) is 0 Å². The van der Waals surface area contributed by atoms with E-state index < -0.39 is 4.92 Å². The number of ether oxygens (including phenoxy) is 2. The number of nitro groups is 1. The highest BCUT2D eigenvalue weighted by Crippen LogP contribution is 2.30. The molecule has 150 valence electrons. The molecule has 0 aromatic heterocycles. The average Bonchev–Trinajstić information content (AvgIpc) is 2.72. The van der Waals surface area contributed by atoms with Crippen molar-refractivity contribution in [1.82, 2.24) is 4.90 Å². The summed E-state index contributed by atoms with van der Waals surface area (Å²) in [6.07, 6.45) is 1.96. The van der Waals surface area contributed by atoms with Gasteiger partial charge in [-0.1, -0.05) is 25.5 Å². The van der Waals surface area contributed by atoms with E-state index in [0.29, 0.717) is 29.2 Å². The second-order valence-corrected chi connectivity index (χ2v) is 6.51. The first-order valence-corrected chi connectivity index (χ1v) is 9.21. The predicted molar refractivity (Wildman–Crippen MR) is 107 cm³/mol. The fourth-order valence-electron chi connectivity index (χ4n) is 2.75. The number of amides is 1. The molecular weight excluding hydrogens is 360 g/mol. The van der Waals surface area contributed by atoms with Gasteiger partial charge >= 0.3 is 0 Å². The number of hydrogen-bond donors (Lipinski definition) is 0. The average molecular weight is 386 g/mol. The molecule has 2 aromatic carbocycles. The van der Waals surface area contributed by atoms with Gasteiger partial charge in [0.05, 0.1) is 24.7 Å². The number of hydrogen-bond acceptors (Lipinski definition) is 5. The second-order valence-electron chi connectivity index (χ2n) is 6.51. The number of unbranched alkanes of at least 4 members (excludes halogenated alkanes) is 1. The molecule has 7 nitrogen and oxygen atoms in total. The van der Waals surface area contributed by atoms with Gasteiger partial charge in [0.1, 0.15) is 0 Å². The van der Waals surface area contributed by atoms with Crippen molar-refractivity contribution in [2.75, 3.05) is 20.8 Å². The fourth-order valence-corrected chi connectivity index (χ4v) is 2.75. The minimum Gasteiger partial charge on any atom is -0.493 e. The number of benzene rings is 2. The fraction of sp³-hybridized carbons (Fsp3) is 0.381. The van der Waals surface area contributed by atoms with E-state index in [-0.39, 0.29) is 17.6 Å². The zero-order valence-electron chi connectivity index (χ0n) is 16.7. The van der Waals surface area contributed by atoms with Gasteiger partial charge in [-0.25, -0.2) is 0 Å². The van der Waals surface area contributed by atoms with Crippen molar-refractivity contribution in [3.05, 3.63) is 63.7 Å². The number of methoxy groups -OCH3 is 1. The highest BCUT2D eigenvalue weighted by molar-refractivity contribution is 5.95. The van der Waals surface area contributed by atoms with Crippen LogP contribution in [0.5, 0.6) is 11.5 Å². The summed E-state index contributed by atoms with van der Waals surface area (Å²) in [6.45, 7) is 4.50. The van der Waals surface area contributed by atoms with Crippen LogP contribution in [0.2, 0.25) is 0 Å². The third-order valence-corrected chi connectivity index (χ3v) is 4.63.